The van der Waals surface area contributed by atoms with Crippen LogP contribution in [0.3, 0.4) is 0 Å². The highest BCUT2D eigenvalue weighted by Crippen LogP contribution is 2.18. The fourth-order valence-corrected chi connectivity index (χ4v) is 2.85. The van der Waals surface area contributed by atoms with Gasteiger partial charge in [0.2, 0.25) is 0 Å². The minimum Gasteiger partial charge on any atom is -0.497 e. The van der Waals surface area contributed by atoms with Gasteiger partial charge in [0.05, 0.1) is 14.2 Å². The molecule has 1 amide bonds. The normalized spacial score (nSPS) is 10.3. The van der Waals surface area contributed by atoms with Crippen molar-refractivity contribution in [2.75, 3.05) is 26.1 Å². The summed E-state index contributed by atoms with van der Waals surface area (Å²) in [4.78, 5) is 20.7. The van der Waals surface area contributed by atoms with Gasteiger partial charge in [-0.1, -0.05) is 30.3 Å². The summed E-state index contributed by atoms with van der Waals surface area (Å²) >= 11 is 0. The van der Waals surface area contributed by atoms with E-state index in [1.165, 1.54) is 6.33 Å². The van der Waals surface area contributed by atoms with Crippen LogP contribution in [0.25, 0.3) is 0 Å². The van der Waals surface area contributed by atoms with Crippen LogP contribution in [0.15, 0.2) is 60.9 Å². The largest absolute Gasteiger partial charge is 0.497 e. The van der Waals surface area contributed by atoms with E-state index in [4.69, 9.17) is 9.47 Å². The summed E-state index contributed by atoms with van der Waals surface area (Å²) in [6.07, 6.45) is 2.08. The fraction of sp³-hybridized carbons (Fsp3) is 0.227. The lowest BCUT2D eigenvalue weighted by molar-refractivity contribution is 0.0949. The van der Waals surface area contributed by atoms with Crippen molar-refractivity contribution < 1.29 is 14.3 Å². The quantitative estimate of drug-likeness (QED) is 0.582. The summed E-state index contributed by atoms with van der Waals surface area (Å²) in [6.45, 7) is 1.03. The van der Waals surface area contributed by atoms with Gasteiger partial charge in [-0.3, -0.25) is 4.79 Å². The third-order valence-electron chi connectivity index (χ3n) is 4.39. The van der Waals surface area contributed by atoms with Gasteiger partial charge in [0.25, 0.3) is 5.91 Å². The fourth-order valence-electron chi connectivity index (χ4n) is 2.85. The lowest BCUT2D eigenvalue weighted by Gasteiger charge is -2.10. The molecule has 0 atom stereocenters. The summed E-state index contributed by atoms with van der Waals surface area (Å²) in [7, 11) is 3.27. The molecule has 29 heavy (non-hydrogen) atoms. The van der Waals surface area contributed by atoms with E-state index in [2.05, 4.69) is 20.6 Å². The van der Waals surface area contributed by atoms with Crippen molar-refractivity contribution in [3.8, 4) is 11.5 Å². The topological polar surface area (TPSA) is 85.4 Å². The number of para-hydroxylation sites is 1. The zero-order chi connectivity index (χ0) is 20.5. The lowest BCUT2D eigenvalue weighted by Crippen LogP contribution is -2.26. The summed E-state index contributed by atoms with van der Waals surface area (Å²) < 4.78 is 10.6. The molecule has 7 nitrogen and oxygen atoms in total. The number of carbonyl (C=O) groups is 1. The number of nitrogens with one attached hydrogen (secondary N) is 2. The molecular weight excluding hydrogens is 368 g/mol. The standard InChI is InChI=1S/C22H24N4O3/c1-28-18-8-5-6-16(12-18)10-11-23-22(27)19-13-21(26-15-25-19)24-14-17-7-3-4-9-20(17)29-2/h3-9,12-13,15H,10-11,14H2,1-2H3,(H,23,27)(H,24,25,26). The van der Waals surface area contributed by atoms with E-state index >= 15 is 0 Å². The van der Waals surface area contributed by atoms with Crippen LogP contribution in [0, 0.1) is 0 Å². The third-order valence-corrected chi connectivity index (χ3v) is 4.39. The van der Waals surface area contributed by atoms with Crippen LogP contribution in [0.4, 0.5) is 5.82 Å². The van der Waals surface area contributed by atoms with Gasteiger partial charge in [0, 0.05) is 24.7 Å². The van der Waals surface area contributed by atoms with Crippen molar-refractivity contribution in [1.29, 1.82) is 0 Å². The second-order valence-corrected chi connectivity index (χ2v) is 6.31. The number of ether oxygens (including phenoxy) is 2. The molecule has 0 aliphatic heterocycles. The van der Waals surface area contributed by atoms with Gasteiger partial charge in [-0.25, -0.2) is 9.97 Å². The van der Waals surface area contributed by atoms with Crippen molar-refractivity contribution in [3.63, 3.8) is 0 Å². The number of nitrogens with zero attached hydrogens (tertiary/aromatic N) is 2. The van der Waals surface area contributed by atoms with Crippen molar-refractivity contribution in [3.05, 3.63) is 77.7 Å². The number of hydrogen-bond acceptors (Lipinski definition) is 6. The van der Waals surface area contributed by atoms with E-state index in [1.807, 2.05) is 48.5 Å². The lowest BCUT2D eigenvalue weighted by atomic mass is 10.1. The van der Waals surface area contributed by atoms with Gasteiger partial charge in [0.1, 0.15) is 29.3 Å². The molecule has 0 aliphatic rings. The van der Waals surface area contributed by atoms with Crippen LogP contribution in [0.5, 0.6) is 11.5 Å². The molecule has 3 aromatic rings. The van der Waals surface area contributed by atoms with Crippen molar-refractivity contribution in [1.82, 2.24) is 15.3 Å². The minimum absolute atomic E-state index is 0.240. The number of amides is 1. The molecule has 0 saturated carbocycles. The number of anilines is 1. The first-order valence-corrected chi connectivity index (χ1v) is 9.28. The maximum atomic E-state index is 12.4. The molecule has 0 fully saturated rings. The molecule has 2 aromatic carbocycles. The molecule has 0 unspecified atom stereocenters. The number of carbonyl (C=O) groups excluding carboxylic acids is 1. The first-order valence-electron chi connectivity index (χ1n) is 9.28. The van der Waals surface area contributed by atoms with Crippen LogP contribution in [-0.4, -0.2) is 36.6 Å². The molecule has 1 aromatic heterocycles. The highest BCUT2D eigenvalue weighted by molar-refractivity contribution is 5.92. The summed E-state index contributed by atoms with van der Waals surface area (Å²) in [5.41, 5.74) is 2.40. The molecule has 150 valence electrons. The molecule has 0 saturated heterocycles. The van der Waals surface area contributed by atoms with E-state index in [-0.39, 0.29) is 5.91 Å². The average Bonchev–Trinajstić information content (AvgIpc) is 2.78. The molecule has 0 aliphatic carbocycles. The van der Waals surface area contributed by atoms with E-state index in [0.717, 1.165) is 22.6 Å². The smallest absolute Gasteiger partial charge is 0.270 e. The van der Waals surface area contributed by atoms with Gasteiger partial charge in [-0.2, -0.15) is 0 Å². The number of rotatable bonds is 9. The number of aromatic nitrogens is 2. The first-order chi connectivity index (χ1) is 14.2. The van der Waals surface area contributed by atoms with Gasteiger partial charge < -0.3 is 20.1 Å². The SMILES string of the molecule is COc1cccc(CCNC(=O)c2cc(NCc3ccccc3OC)ncn2)c1. The average molecular weight is 392 g/mol. The van der Waals surface area contributed by atoms with Crippen molar-refractivity contribution in [2.24, 2.45) is 0 Å². The van der Waals surface area contributed by atoms with Gasteiger partial charge >= 0.3 is 0 Å². The zero-order valence-electron chi connectivity index (χ0n) is 16.5. The Morgan fingerprint density at radius 3 is 2.69 bits per heavy atom. The molecule has 0 radical (unpaired) electrons. The monoisotopic (exact) mass is 392 g/mol. The molecule has 0 spiro atoms. The third kappa shape index (κ3) is 5.68. The highest BCUT2D eigenvalue weighted by Gasteiger charge is 2.09. The molecule has 2 N–H and O–H groups in total. The second-order valence-electron chi connectivity index (χ2n) is 6.31. The van der Waals surface area contributed by atoms with E-state index in [0.29, 0.717) is 31.0 Å². The van der Waals surface area contributed by atoms with E-state index in [1.54, 1.807) is 20.3 Å². The Balaban J connectivity index is 1.54. The molecule has 1 heterocycles. The number of methoxy groups -OCH3 is 2. The maximum Gasteiger partial charge on any atom is 0.270 e. The van der Waals surface area contributed by atoms with Gasteiger partial charge in [-0.15, -0.1) is 0 Å². The Labute approximate surface area is 170 Å². The molecular formula is C22H24N4O3. The maximum absolute atomic E-state index is 12.4. The van der Waals surface area contributed by atoms with Crippen LogP contribution < -0.4 is 20.1 Å². The van der Waals surface area contributed by atoms with Gasteiger partial charge in [0.15, 0.2) is 0 Å². The molecule has 3 rings (SSSR count). The van der Waals surface area contributed by atoms with Crippen molar-refractivity contribution >= 4 is 11.7 Å². The number of benzene rings is 2. The van der Waals surface area contributed by atoms with Crippen LogP contribution >= 0.6 is 0 Å². The summed E-state index contributed by atoms with van der Waals surface area (Å²) in [5, 5.41) is 6.09. The van der Waals surface area contributed by atoms with E-state index < -0.39 is 0 Å². The van der Waals surface area contributed by atoms with Crippen molar-refractivity contribution in [2.45, 2.75) is 13.0 Å². The summed E-state index contributed by atoms with van der Waals surface area (Å²) in [5.74, 6) is 1.93. The summed E-state index contributed by atoms with van der Waals surface area (Å²) in [6, 6.07) is 17.1. The number of hydrogen-bond donors (Lipinski definition) is 2. The Morgan fingerprint density at radius 2 is 1.86 bits per heavy atom. The minimum atomic E-state index is -0.240. The molecule has 7 heteroatoms. The second kappa shape index (κ2) is 10.1. The Kier molecular flexibility index (Phi) is 7.00. The highest BCUT2D eigenvalue weighted by atomic mass is 16.5. The van der Waals surface area contributed by atoms with Crippen LogP contribution in [0.1, 0.15) is 21.6 Å². The van der Waals surface area contributed by atoms with E-state index in [9.17, 15) is 4.79 Å². The van der Waals surface area contributed by atoms with Crippen LogP contribution in [-0.2, 0) is 13.0 Å². The first kappa shape index (κ1) is 20.1. The Hall–Kier alpha value is -3.61. The predicted molar refractivity (Wildman–Crippen MR) is 111 cm³/mol. The Bertz CT molecular complexity index is 962. The van der Waals surface area contributed by atoms with Crippen LogP contribution in [0.2, 0.25) is 0 Å². The Morgan fingerprint density at radius 1 is 1.00 bits per heavy atom. The molecule has 0 bridgehead atoms. The zero-order valence-corrected chi connectivity index (χ0v) is 16.5. The van der Waals surface area contributed by atoms with Gasteiger partial charge in [-0.05, 0) is 30.2 Å². The predicted octanol–water partition coefficient (Wildman–Crippen LogP) is 3.08.